The summed E-state index contributed by atoms with van der Waals surface area (Å²) >= 11 is 0. The molecule has 0 aliphatic heterocycles. The maximum atomic E-state index is 14.8. The first-order valence-corrected chi connectivity index (χ1v) is 38.0. The summed E-state index contributed by atoms with van der Waals surface area (Å²) in [6.45, 7) is 5.91. The van der Waals surface area contributed by atoms with Crippen molar-refractivity contribution in [3.8, 4) is 135 Å². The molecule has 0 fully saturated rings. The third kappa shape index (κ3) is 15.6. The van der Waals surface area contributed by atoms with Gasteiger partial charge in [-0.15, -0.1) is 0 Å². The van der Waals surface area contributed by atoms with Gasteiger partial charge in [-0.3, -0.25) is 0 Å². The molecule has 0 spiro atoms. The minimum atomic E-state index is -0.996. The van der Waals surface area contributed by atoms with E-state index in [1.807, 2.05) is 243 Å². The summed E-state index contributed by atoms with van der Waals surface area (Å²) in [7, 11) is 0. The Morgan fingerprint density at radius 3 is 0.405 bits per heavy atom. The van der Waals surface area contributed by atoms with Gasteiger partial charge in [0.05, 0.1) is 0 Å². The molecule has 0 atom stereocenters. The Hall–Kier alpha value is -14.4. The van der Waals surface area contributed by atoms with E-state index in [-0.39, 0.29) is 67.5 Å². The standard InChI is InChI=1S/C74H54O4.C30H26F4O4/c75-71-61(49-25-9-1-10-26-49)41-57(42-62(71)50-27-11-2-12-28-50)69(58-43-63(51-29-13-3-14-30-51)72(76)64(44-58)52-31-15-4-16-32-52)70(59-45-65(53-33-17-5-18-34-53)73(77)66(46-59)54-35-19-6-20-36-54)60-47-67(55-37-21-7-22-38-55)74(78)68(48-60)56-39-23-8-24-40-56;1-13-5-17(9-21(31)27(13)35)25(18-6-14(2)28(36)22(32)10-18)26(19-7-15(3)29(37)23(33)11-19)20-8-16(4)30(38)24(34)12-20/h1-48,69-70,75-78H;5-12,25-26,35-38H,1-4H3. The summed E-state index contributed by atoms with van der Waals surface area (Å²) < 4.78 is 59.3. The molecule has 0 saturated heterocycles. The van der Waals surface area contributed by atoms with Gasteiger partial charge in [0.25, 0.3) is 0 Å². The Bertz CT molecular complexity index is 5170. The lowest BCUT2D eigenvalue weighted by Crippen LogP contribution is -2.17. The number of benzene rings is 16. The Labute approximate surface area is 670 Å². The van der Waals surface area contributed by atoms with Crippen LogP contribution in [-0.2, 0) is 0 Å². The molecule has 0 bridgehead atoms. The van der Waals surface area contributed by atoms with E-state index >= 15 is 0 Å². The van der Waals surface area contributed by atoms with Gasteiger partial charge in [0.15, 0.2) is 46.3 Å². The van der Waals surface area contributed by atoms with Crippen LogP contribution in [0, 0.1) is 51.0 Å². The molecule has 12 heteroatoms. The zero-order valence-electron chi connectivity index (χ0n) is 63.7. The van der Waals surface area contributed by atoms with Crippen molar-refractivity contribution >= 4 is 0 Å². The van der Waals surface area contributed by atoms with Gasteiger partial charge in [0.1, 0.15) is 23.0 Å². The van der Waals surface area contributed by atoms with Crippen LogP contribution >= 0.6 is 0 Å². The molecule has 0 radical (unpaired) electrons. The summed E-state index contributed by atoms with van der Waals surface area (Å²) in [5, 5.41) is 91.0. The zero-order valence-corrected chi connectivity index (χ0v) is 63.7. The molecule has 0 amide bonds. The van der Waals surface area contributed by atoms with E-state index in [2.05, 4.69) is 48.5 Å². The summed E-state index contributed by atoms with van der Waals surface area (Å²) in [6, 6.07) is 107. The predicted molar refractivity (Wildman–Crippen MR) is 454 cm³/mol. The van der Waals surface area contributed by atoms with Crippen molar-refractivity contribution in [2.75, 3.05) is 0 Å². The lowest BCUT2D eigenvalue weighted by atomic mass is 9.70. The maximum absolute atomic E-state index is 14.8. The highest BCUT2D eigenvalue weighted by atomic mass is 19.1. The van der Waals surface area contributed by atoms with E-state index in [1.165, 1.54) is 52.0 Å². The molecule has 0 aliphatic rings. The number of aryl methyl sites for hydroxylation is 4. The number of hydrogen-bond donors (Lipinski definition) is 8. The SMILES string of the molecule is Cc1cc(C(c2cc(C)c(O)c(F)c2)C(c2cc(C)c(O)c(F)c2)c2cc(C)c(O)c(F)c2)cc(F)c1O.Oc1c(-c2ccccc2)cc(C(c2cc(-c3ccccc3)c(O)c(-c3ccccc3)c2)C(c2cc(-c3ccccc3)c(O)c(-c3ccccc3)c2)c2cc(-c3ccccc3)c(O)c(-c3ccccc3)c2)cc1-c1ccccc1. The fourth-order valence-corrected chi connectivity index (χ4v) is 16.1. The highest BCUT2D eigenvalue weighted by Crippen LogP contribution is 2.56. The van der Waals surface area contributed by atoms with Crippen molar-refractivity contribution in [3.05, 3.63) is 430 Å². The van der Waals surface area contributed by atoms with Crippen molar-refractivity contribution in [2.24, 2.45) is 0 Å². The molecular weight excluding hydrogens is 1450 g/mol. The fraction of sp³-hybridized carbons (Fsp3) is 0.0769. The fourth-order valence-electron chi connectivity index (χ4n) is 16.1. The Kier molecular flexibility index (Phi) is 22.0. The molecule has 0 heterocycles. The molecule has 16 aromatic rings. The second-order valence-electron chi connectivity index (χ2n) is 29.4. The Morgan fingerprint density at radius 1 is 0.164 bits per heavy atom. The molecule has 8 nitrogen and oxygen atoms in total. The molecule has 0 unspecified atom stereocenters. The van der Waals surface area contributed by atoms with Crippen LogP contribution in [0.5, 0.6) is 46.0 Å². The quantitative estimate of drug-likeness (QED) is 0.0394. The first-order valence-electron chi connectivity index (χ1n) is 38.0. The topological polar surface area (TPSA) is 162 Å². The second-order valence-corrected chi connectivity index (χ2v) is 29.4. The zero-order chi connectivity index (χ0) is 81.0. The van der Waals surface area contributed by atoms with Crippen molar-refractivity contribution in [3.63, 3.8) is 0 Å². The average Bonchev–Trinajstić information content (AvgIpc) is 0.716. The van der Waals surface area contributed by atoms with Crippen LogP contribution in [0.3, 0.4) is 0 Å². The van der Waals surface area contributed by atoms with Gasteiger partial charge in [0, 0.05) is 68.2 Å². The highest BCUT2D eigenvalue weighted by molar-refractivity contribution is 5.89. The summed E-state index contributed by atoms with van der Waals surface area (Å²) in [6.07, 6.45) is 0. The van der Waals surface area contributed by atoms with E-state index in [0.717, 1.165) is 91.0 Å². The molecule has 0 saturated carbocycles. The number of phenolic OH excluding ortho intramolecular Hbond substituents is 8. The maximum Gasteiger partial charge on any atom is 0.165 e. The van der Waals surface area contributed by atoms with Crippen LogP contribution in [0.15, 0.2) is 340 Å². The van der Waals surface area contributed by atoms with Crippen LogP contribution in [0.25, 0.3) is 89.0 Å². The van der Waals surface area contributed by atoms with Gasteiger partial charge < -0.3 is 40.9 Å². The van der Waals surface area contributed by atoms with Crippen LogP contribution in [0.4, 0.5) is 17.6 Å². The van der Waals surface area contributed by atoms with E-state index in [0.29, 0.717) is 44.5 Å². The lowest BCUT2D eigenvalue weighted by molar-refractivity contribution is 0.423. The third-order valence-corrected chi connectivity index (χ3v) is 21.9. The monoisotopic (exact) mass is 1530 g/mol. The van der Waals surface area contributed by atoms with Gasteiger partial charge in [-0.25, -0.2) is 17.6 Å². The van der Waals surface area contributed by atoms with Crippen molar-refractivity contribution in [1.29, 1.82) is 0 Å². The molecule has 16 rings (SSSR count). The van der Waals surface area contributed by atoms with Gasteiger partial charge in [0.2, 0.25) is 0 Å². The molecule has 8 N–H and O–H groups in total. The number of aromatic hydroxyl groups is 8. The minimum absolute atomic E-state index is 0.150. The van der Waals surface area contributed by atoms with E-state index < -0.39 is 69.9 Å². The first-order chi connectivity index (χ1) is 56.2. The number of rotatable bonds is 18. The first kappa shape index (κ1) is 77.0. The number of phenols is 8. The van der Waals surface area contributed by atoms with Gasteiger partial charge in [-0.05, 0) is 212 Å². The van der Waals surface area contributed by atoms with Crippen molar-refractivity contribution < 1.29 is 58.4 Å². The minimum Gasteiger partial charge on any atom is -0.507 e. The Balaban J connectivity index is 0.000000233. The molecule has 0 aromatic heterocycles. The van der Waals surface area contributed by atoms with Crippen molar-refractivity contribution in [1.82, 2.24) is 0 Å². The number of hydrogen-bond acceptors (Lipinski definition) is 8. The number of halogens is 4. The molecular formula is C104H80F4O8. The van der Waals surface area contributed by atoms with Gasteiger partial charge >= 0.3 is 0 Å². The van der Waals surface area contributed by atoms with Crippen LogP contribution < -0.4 is 0 Å². The van der Waals surface area contributed by atoms with E-state index in [4.69, 9.17) is 0 Å². The summed E-state index contributed by atoms with van der Waals surface area (Å²) in [4.78, 5) is 0. The second kappa shape index (κ2) is 33.1. The van der Waals surface area contributed by atoms with Gasteiger partial charge in [-0.2, -0.15) is 0 Å². The third-order valence-electron chi connectivity index (χ3n) is 21.9. The summed E-state index contributed by atoms with van der Waals surface area (Å²) in [5.74, 6) is -8.70. The highest BCUT2D eigenvalue weighted by Gasteiger charge is 2.37. The smallest absolute Gasteiger partial charge is 0.165 e. The van der Waals surface area contributed by atoms with E-state index in [9.17, 15) is 58.4 Å². The predicted octanol–water partition coefficient (Wildman–Crippen LogP) is 26.1. The van der Waals surface area contributed by atoms with Crippen molar-refractivity contribution in [2.45, 2.75) is 51.4 Å². The Morgan fingerprint density at radius 2 is 0.284 bits per heavy atom. The molecule has 16 aromatic carbocycles. The van der Waals surface area contributed by atoms with Gasteiger partial charge in [-0.1, -0.05) is 267 Å². The van der Waals surface area contributed by atoms with Crippen LogP contribution in [-0.4, -0.2) is 40.9 Å². The average molecular weight is 1530 g/mol. The molecule has 572 valence electrons. The lowest BCUT2D eigenvalue weighted by Gasteiger charge is -2.33. The largest absolute Gasteiger partial charge is 0.507 e. The van der Waals surface area contributed by atoms with Crippen LogP contribution in [0.2, 0.25) is 0 Å². The van der Waals surface area contributed by atoms with Crippen LogP contribution in [0.1, 0.15) is 90.4 Å². The summed E-state index contributed by atoms with van der Waals surface area (Å²) in [5.41, 5.74) is 17.2. The normalized spacial score (nSPS) is 11.3. The molecule has 116 heavy (non-hydrogen) atoms. The molecule has 0 aliphatic carbocycles. The van der Waals surface area contributed by atoms with E-state index in [1.54, 1.807) is 0 Å².